The van der Waals surface area contributed by atoms with E-state index in [0.29, 0.717) is 5.92 Å². The van der Waals surface area contributed by atoms with E-state index in [1.165, 1.54) is 0 Å². The molecule has 0 saturated heterocycles. The van der Waals surface area contributed by atoms with Crippen molar-refractivity contribution in [3.05, 3.63) is 29.8 Å². The first kappa shape index (κ1) is 16.5. The molecular weight excluding hydrogens is 252 g/mol. The van der Waals surface area contributed by atoms with Gasteiger partial charge in [-0.1, -0.05) is 32.4 Å². The monoisotopic (exact) mass is 278 g/mol. The lowest BCUT2D eigenvalue weighted by molar-refractivity contribution is 0.199. The van der Waals surface area contributed by atoms with E-state index in [1.54, 1.807) is 19.1 Å². The average molecular weight is 278 g/mol. The zero-order valence-electron chi connectivity index (χ0n) is 12.8. The molecule has 0 bridgehead atoms. The van der Waals surface area contributed by atoms with Gasteiger partial charge in [0.25, 0.3) is 0 Å². The molecule has 0 heterocycles. The topological polar surface area (TPSA) is 61.4 Å². The van der Waals surface area contributed by atoms with Crippen molar-refractivity contribution in [3.8, 4) is 0 Å². The molecule has 0 saturated carbocycles. The van der Waals surface area contributed by atoms with Gasteiger partial charge >= 0.3 is 6.03 Å². The summed E-state index contributed by atoms with van der Waals surface area (Å²) in [7, 11) is 0. The van der Waals surface area contributed by atoms with Crippen LogP contribution < -0.4 is 10.6 Å². The van der Waals surface area contributed by atoms with E-state index in [2.05, 4.69) is 24.5 Å². The highest BCUT2D eigenvalue weighted by Gasteiger charge is 2.10. The minimum Gasteiger partial charge on any atom is -0.389 e. The molecule has 4 heteroatoms. The molecule has 3 unspecified atom stereocenters. The highest BCUT2D eigenvalue weighted by Crippen LogP contribution is 2.15. The number of anilines is 1. The third-order valence-corrected chi connectivity index (χ3v) is 3.48. The SMILES string of the molecule is CCC(C)CC(C)NC(=O)Nc1ccc(C(C)O)cc1. The number of hydrogen-bond donors (Lipinski definition) is 3. The number of carbonyl (C=O) groups is 1. The number of nitrogens with one attached hydrogen (secondary N) is 2. The largest absolute Gasteiger partial charge is 0.389 e. The lowest BCUT2D eigenvalue weighted by Gasteiger charge is -2.18. The van der Waals surface area contributed by atoms with Crippen molar-refractivity contribution in [2.75, 3.05) is 5.32 Å². The van der Waals surface area contributed by atoms with E-state index in [4.69, 9.17) is 0 Å². The third-order valence-electron chi connectivity index (χ3n) is 3.48. The Kier molecular flexibility index (Phi) is 6.52. The second-order valence-corrected chi connectivity index (χ2v) is 5.55. The quantitative estimate of drug-likeness (QED) is 0.743. The number of rotatable bonds is 6. The lowest BCUT2D eigenvalue weighted by Crippen LogP contribution is -2.36. The molecule has 1 aromatic carbocycles. The summed E-state index contributed by atoms with van der Waals surface area (Å²) in [6.45, 7) is 8.07. The molecule has 3 atom stereocenters. The Bertz CT molecular complexity index is 415. The Morgan fingerprint density at radius 2 is 1.80 bits per heavy atom. The fourth-order valence-electron chi connectivity index (χ4n) is 2.07. The molecule has 0 spiro atoms. The predicted molar refractivity (Wildman–Crippen MR) is 82.8 cm³/mol. The van der Waals surface area contributed by atoms with Gasteiger partial charge in [0, 0.05) is 11.7 Å². The van der Waals surface area contributed by atoms with Gasteiger partial charge in [-0.15, -0.1) is 0 Å². The Balaban J connectivity index is 2.45. The van der Waals surface area contributed by atoms with Crippen LogP contribution in [0.5, 0.6) is 0 Å². The molecule has 0 aromatic heterocycles. The molecule has 1 aromatic rings. The van der Waals surface area contributed by atoms with Gasteiger partial charge in [0.05, 0.1) is 6.10 Å². The molecule has 0 fully saturated rings. The zero-order valence-corrected chi connectivity index (χ0v) is 12.8. The fraction of sp³-hybridized carbons (Fsp3) is 0.562. The Hall–Kier alpha value is -1.55. The summed E-state index contributed by atoms with van der Waals surface area (Å²) in [5.74, 6) is 0.607. The van der Waals surface area contributed by atoms with Crippen LogP contribution in [0.3, 0.4) is 0 Å². The molecule has 0 aliphatic rings. The second kappa shape index (κ2) is 7.90. The van der Waals surface area contributed by atoms with Crippen molar-refractivity contribution >= 4 is 11.7 Å². The summed E-state index contributed by atoms with van der Waals surface area (Å²) < 4.78 is 0. The van der Waals surface area contributed by atoms with Crippen molar-refractivity contribution in [1.82, 2.24) is 5.32 Å². The number of aliphatic hydroxyl groups is 1. The van der Waals surface area contributed by atoms with Crippen LogP contribution in [-0.2, 0) is 0 Å². The van der Waals surface area contributed by atoms with Crippen molar-refractivity contribution in [1.29, 1.82) is 0 Å². The lowest BCUT2D eigenvalue weighted by atomic mass is 10.0. The van der Waals surface area contributed by atoms with Gasteiger partial charge in [-0.2, -0.15) is 0 Å². The highest BCUT2D eigenvalue weighted by molar-refractivity contribution is 5.89. The molecule has 3 N–H and O–H groups in total. The smallest absolute Gasteiger partial charge is 0.319 e. The van der Waals surface area contributed by atoms with Crippen LogP contribution in [0, 0.1) is 5.92 Å². The van der Waals surface area contributed by atoms with Gasteiger partial charge in [-0.3, -0.25) is 0 Å². The van der Waals surface area contributed by atoms with Crippen LogP contribution in [0.1, 0.15) is 52.2 Å². The summed E-state index contributed by atoms with van der Waals surface area (Å²) in [4.78, 5) is 11.8. The number of amides is 2. The van der Waals surface area contributed by atoms with E-state index in [9.17, 15) is 9.90 Å². The predicted octanol–water partition coefficient (Wildman–Crippen LogP) is 3.69. The molecule has 2 amide bonds. The number of urea groups is 1. The summed E-state index contributed by atoms with van der Waals surface area (Å²) in [6, 6.07) is 7.17. The minimum absolute atomic E-state index is 0.154. The van der Waals surface area contributed by atoms with Gasteiger partial charge in [0.15, 0.2) is 0 Å². The van der Waals surface area contributed by atoms with Gasteiger partial charge in [-0.05, 0) is 43.9 Å². The maximum atomic E-state index is 11.8. The first-order valence-electron chi connectivity index (χ1n) is 7.27. The second-order valence-electron chi connectivity index (χ2n) is 5.55. The van der Waals surface area contributed by atoms with Gasteiger partial charge in [0.2, 0.25) is 0 Å². The maximum absolute atomic E-state index is 11.8. The van der Waals surface area contributed by atoms with E-state index in [1.807, 2.05) is 19.1 Å². The molecular formula is C16H26N2O2. The standard InChI is InChI=1S/C16H26N2O2/c1-5-11(2)10-12(3)17-16(20)18-15-8-6-14(7-9-15)13(4)19/h6-9,11-13,19H,5,10H2,1-4H3,(H2,17,18,20). The maximum Gasteiger partial charge on any atom is 0.319 e. The van der Waals surface area contributed by atoms with Crippen LogP contribution in [0.4, 0.5) is 10.5 Å². The minimum atomic E-state index is -0.492. The Morgan fingerprint density at radius 1 is 1.20 bits per heavy atom. The molecule has 0 radical (unpaired) electrons. The van der Waals surface area contributed by atoms with Crippen molar-refractivity contribution in [2.24, 2.45) is 5.92 Å². The number of benzene rings is 1. The van der Waals surface area contributed by atoms with Gasteiger partial charge in [0.1, 0.15) is 0 Å². The first-order chi connectivity index (χ1) is 9.42. The molecule has 4 nitrogen and oxygen atoms in total. The van der Waals surface area contributed by atoms with Crippen LogP contribution in [-0.4, -0.2) is 17.2 Å². The number of carbonyl (C=O) groups excluding carboxylic acids is 1. The van der Waals surface area contributed by atoms with Crippen molar-refractivity contribution < 1.29 is 9.90 Å². The van der Waals surface area contributed by atoms with Crippen LogP contribution in [0.25, 0.3) is 0 Å². The van der Waals surface area contributed by atoms with E-state index in [-0.39, 0.29) is 12.1 Å². The Morgan fingerprint density at radius 3 is 2.30 bits per heavy atom. The number of hydrogen-bond acceptors (Lipinski definition) is 2. The van der Waals surface area contributed by atoms with E-state index in [0.717, 1.165) is 24.1 Å². The van der Waals surface area contributed by atoms with Crippen molar-refractivity contribution in [3.63, 3.8) is 0 Å². The molecule has 112 valence electrons. The van der Waals surface area contributed by atoms with Crippen LogP contribution in [0.15, 0.2) is 24.3 Å². The summed E-state index contributed by atoms with van der Waals surface area (Å²) >= 11 is 0. The Labute approximate surface area is 121 Å². The van der Waals surface area contributed by atoms with E-state index < -0.39 is 6.10 Å². The van der Waals surface area contributed by atoms with Crippen LogP contribution >= 0.6 is 0 Å². The van der Waals surface area contributed by atoms with Gasteiger partial charge in [-0.25, -0.2) is 4.79 Å². The summed E-state index contributed by atoms with van der Waals surface area (Å²) in [5, 5.41) is 15.2. The summed E-state index contributed by atoms with van der Waals surface area (Å²) in [5.41, 5.74) is 1.56. The normalized spacial score (nSPS) is 15.2. The number of aliphatic hydroxyl groups excluding tert-OH is 1. The van der Waals surface area contributed by atoms with Crippen LogP contribution in [0.2, 0.25) is 0 Å². The molecule has 0 aliphatic carbocycles. The molecule has 20 heavy (non-hydrogen) atoms. The molecule has 0 aliphatic heterocycles. The van der Waals surface area contributed by atoms with Gasteiger partial charge < -0.3 is 15.7 Å². The van der Waals surface area contributed by atoms with Crippen molar-refractivity contribution in [2.45, 2.75) is 52.7 Å². The van der Waals surface area contributed by atoms with E-state index >= 15 is 0 Å². The summed E-state index contributed by atoms with van der Waals surface area (Å²) in [6.07, 6.45) is 1.60. The molecule has 1 rings (SSSR count). The third kappa shape index (κ3) is 5.61. The first-order valence-corrected chi connectivity index (χ1v) is 7.27. The zero-order chi connectivity index (χ0) is 15.1. The average Bonchev–Trinajstić information content (AvgIpc) is 2.38. The highest BCUT2D eigenvalue weighted by atomic mass is 16.3. The fourth-order valence-corrected chi connectivity index (χ4v) is 2.07.